The molecule has 0 radical (unpaired) electrons. The monoisotopic (exact) mass is 381 g/mol. The summed E-state index contributed by atoms with van der Waals surface area (Å²) in [6.45, 7) is 6.78. The molecular formula is C20H23N5OS. The number of aromatic nitrogens is 3. The second kappa shape index (κ2) is 7.52. The van der Waals surface area contributed by atoms with E-state index in [0.717, 1.165) is 25.2 Å². The van der Waals surface area contributed by atoms with E-state index in [1.165, 1.54) is 14.7 Å². The molecule has 3 aromatic rings. The van der Waals surface area contributed by atoms with Gasteiger partial charge in [-0.15, -0.1) is 11.3 Å². The van der Waals surface area contributed by atoms with Crippen LogP contribution in [0.3, 0.4) is 0 Å². The molecule has 6 nitrogen and oxygen atoms in total. The average molecular weight is 382 g/mol. The molecule has 2 aromatic heterocycles. The predicted molar refractivity (Wildman–Crippen MR) is 108 cm³/mol. The number of carbonyl (C=O) groups is 1. The number of carbonyl (C=O) groups excluding carboxylic acids is 1. The van der Waals surface area contributed by atoms with Gasteiger partial charge in [0.25, 0.3) is 5.91 Å². The minimum Gasteiger partial charge on any atom is -0.362 e. The van der Waals surface area contributed by atoms with E-state index in [0.29, 0.717) is 12.1 Å². The summed E-state index contributed by atoms with van der Waals surface area (Å²) in [6.07, 6.45) is 4.19. The molecule has 4 rings (SSSR count). The summed E-state index contributed by atoms with van der Waals surface area (Å²) in [4.78, 5) is 20.6. The first kappa shape index (κ1) is 17.7. The molecule has 27 heavy (non-hydrogen) atoms. The first-order valence-electron chi connectivity index (χ1n) is 9.21. The van der Waals surface area contributed by atoms with Gasteiger partial charge in [-0.3, -0.25) is 4.79 Å². The Morgan fingerprint density at radius 1 is 1.07 bits per heavy atom. The number of nitrogens with zero attached hydrogens (tertiary/aromatic N) is 5. The standard InChI is InChI=1S/C20H23N5OS/c1-15-9-12-23(19-8-7-16(2)27-19)13-14-24(15)20(26)17-5-3-4-6-18(17)25-21-10-11-22-25/h3-8,10-11,15H,9,12-14H2,1-2H3/t15-/m1/s1. The third-order valence-corrected chi connectivity index (χ3v) is 6.09. The van der Waals surface area contributed by atoms with Gasteiger partial charge in [-0.2, -0.15) is 15.0 Å². The van der Waals surface area contributed by atoms with Crippen molar-refractivity contribution in [2.45, 2.75) is 26.3 Å². The number of hydrogen-bond acceptors (Lipinski definition) is 5. The highest BCUT2D eigenvalue weighted by Crippen LogP contribution is 2.28. The van der Waals surface area contributed by atoms with Crippen molar-refractivity contribution in [2.75, 3.05) is 24.5 Å². The first-order valence-corrected chi connectivity index (χ1v) is 10.0. The molecule has 1 aromatic carbocycles. The Morgan fingerprint density at radius 3 is 2.59 bits per heavy atom. The molecule has 0 N–H and O–H groups in total. The molecule has 7 heteroatoms. The maximum atomic E-state index is 13.4. The molecule has 1 saturated heterocycles. The number of rotatable bonds is 3. The SMILES string of the molecule is Cc1ccc(N2CC[C@@H](C)N(C(=O)c3ccccc3-n3nccn3)CC2)s1. The van der Waals surface area contributed by atoms with Crippen LogP contribution in [0.5, 0.6) is 0 Å². The Hall–Kier alpha value is -2.67. The number of anilines is 1. The topological polar surface area (TPSA) is 54.3 Å². The molecule has 140 valence electrons. The molecule has 1 atom stereocenters. The third kappa shape index (κ3) is 3.60. The Labute approximate surface area is 163 Å². The average Bonchev–Trinajstić information content (AvgIpc) is 3.32. The van der Waals surface area contributed by atoms with E-state index in [9.17, 15) is 4.79 Å². The number of aryl methyl sites for hydroxylation is 1. The van der Waals surface area contributed by atoms with Crippen molar-refractivity contribution in [1.29, 1.82) is 0 Å². The number of para-hydroxylation sites is 1. The van der Waals surface area contributed by atoms with Crippen molar-refractivity contribution >= 4 is 22.2 Å². The van der Waals surface area contributed by atoms with E-state index < -0.39 is 0 Å². The Morgan fingerprint density at radius 2 is 1.85 bits per heavy atom. The molecule has 0 spiro atoms. The lowest BCUT2D eigenvalue weighted by Crippen LogP contribution is -2.40. The highest BCUT2D eigenvalue weighted by Gasteiger charge is 2.28. The van der Waals surface area contributed by atoms with Crippen LogP contribution in [0.1, 0.15) is 28.6 Å². The third-order valence-electron chi connectivity index (χ3n) is 5.03. The summed E-state index contributed by atoms with van der Waals surface area (Å²) in [5.74, 6) is 0.0413. The Bertz CT molecular complexity index is 920. The van der Waals surface area contributed by atoms with Crippen LogP contribution in [0.15, 0.2) is 48.8 Å². The molecule has 0 unspecified atom stereocenters. The molecular weight excluding hydrogens is 358 g/mol. The van der Waals surface area contributed by atoms with Gasteiger partial charge < -0.3 is 9.80 Å². The maximum Gasteiger partial charge on any atom is 0.256 e. The molecule has 0 saturated carbocycles. The lowest BCUT2D eigenvalue weighted by molar-refractivity contribution is 0.0705. The molecule has 1 aliphatic heterocycles. The van der Waals surface area contributed by atoms with Crippen molar-refractivity contribution in [3.05, 3.63) is 59.2 Å². The number of hydrogen-bond donors (Lipinski definition) is 0. The van der Waals surface area contributed by atoms with Gasteiger partial charge in [0, 0.05) is 30.6 Å². The number of amides is 1. The summed E-state index contributed by atoms with van der Waals surface area (Å²) in [6, 6.07) is 12.1. The largest absolute Gasteiger partial charge is 0.362 e. The fourth-order valence-electron chi connectivity index (χ4n) is 3.50. The molecule has 0 aliphatic carbocycles. The van der Waals surface area contributed by atoms with Crippen molar-refractivity contribution in [1.82, 2.24) is 19.9 Å². The molecule has 1 fully saturated rings. The minimum atomic E-state index is 0.0413. The lowest BCUT2D eigenvalue weighted by Gasteiger charge is -2.27. The Kier molecular flexibility index (Phi) is 4.94. The van der Waals surface area contributed by atoms with Crippen molar-refractivity contribution in [2.24, 2.45) is 0 Å². The van der Waals surface area contributed by atoms with E-state index in [2.05, 4.69) is 41.1 Å². The van der Waals surface area contributed by atoms with E-state index in [-0.39, 0.29) is 11.9 Å². The van der Waals surface area contributed by atoms with Crippen molar-refractivity contribution in [3.63, 3.8) is 0 Å². The van der Waals surface area contributed by atoms with Gasteiger partial charge in [-0.25, -0.2) is 0 Å². The second-order valence-electron chi connectivity index (χ2n) is 6.84. The van der Waals surface area contributed by atoms with E-state index in [4.69, 9.17) is 0 Å². The smallest absolute Gasteiger partial charge is 0.256 e. The summed E-state index contributed by atoms with van der Waals surface area (Å²) < 4.78 is 0. The maximum absolute atomic E-state index is 13.4. The zero-order chi connectivity index (χ0) is 18.8. The quantitative estimate of drug-likeness (QED) is 0.698. The van der Waals surface area contributed by atoms with Crippen LogP contribution < -0.4 is 4.90 Å². The van der Waals surface area contributed by atoms with Crippen LogP contribution in [-0.4, -0.2) is 51.5 Å². The summed E-state index contributed by atoms with van der Waals surface area (Å²) >= 11 is 1.81. The van der Waals surface area contributed by atoms with Crippen molar-refractivity contribution < 1.29 is 4.79 Å². The fraction of sp³-hybridized carbons (Fsp3) is 0.350. The fourth-order valence-corrected chi connectivity index (χ4v) is 4.41. The first-order chi connectivity index (χ1) is 13.1. The number of thiophene rings is 1. The zero-order valence-corrected chi connectivity index (χ0v) is 16.4. The zero-order valence-electron chi connectivity index (χ0n) is 15.6. The highest BCUT2D eigenvalue weighted by atomic mass is 32.1. The van der Waals surface area contributed by atoms with Crippen LogP contribution in [0.2, 0.25) is 0 Å². The van der Waals surface area contributed by atoms with Crippen molar-refractivity contribution in [3.8, 4) is 5.69 Å². The summed E-state index contributed by atoms with van der Waals surface area (Å²) in [5.41, 5.74) is 1.36. The van der Waals surface area contributed by atoms with Gasteiger partial charge in [-0.05, 0) is 44.5 Å². The predicted octanol–water partition coefficient (Wildman–Crippen LogP) is 3.38. The summed E-state index contributed by atoms with van der Waals surface area (Å²) in [5, 5.41) is 9.68. The van der Waals surface area contributed by atoms with Crippen LogP contribution in [0.25, 0.3) is 5.69 Å². The molecule has 0 bridgehead atoms. The molecule has 3 heterocycles. The summed E-state index contributed by atoms with van der Waals surface area (Å²) in [7, 11) is 0. The lowest BCUT2D eigenvalue weighted by atomic mass is 10.1. The van der Waals surface area contributed by atoms with Crippen LogP contribution in [0.4, 0.5) is 5.00 Å². The van der Waals surface area contributed by atoms with E-state index >= 15 is 0 Å². The van der Waals surface area contributed by atoms with Gasteiger partial charge in [-0.1, -0.05) is 12.1 Å². The van der Waals surface area contributed by atoms with Gasteiger partial charge in [0.05, 0.1) is 28.6 Å². The van der Waals surface area contributed by atoms with Crippen LogP contribution in [-0.2, 0) is 0 Å². The Balaban J connectivity index is 1.57. The van der Waals surface area contributed by atoms with E-state index in [1.54, 1.807) is 12.4 Å². The van der Waals surface area contributed by atoms with Crippen LogP contribution >= 0.6 is 11.3 Å². The van der Waals surface area contributed by atoms with Gasteiger partial charge in [0.2, 0.25) is 0 Å². The van der Waals surface area contributed by atoms with E-state index in [1.807, 2.05) is 40.5 Å². The van der Waals surface area contributed by atoms with Crippen LogP contribution in [0, 0.1) is 6.92 Å². The number of benzene rings is 1. The van der Waals surface area contributed by atoms with Gasteiger partial charge >= 0.3 is 0 Å². The minimum absolute atomic E-state index is 0.0413. The molecule has 1 amide bonds. The molecule has 1 aliphatic rings. The normalized spacial score (nSPS) is 17.8. The second-order valence-corrected chi connectivity index (χ2v) is 8.11. The van der Waals surface area contributed by atoms with Gasteiger partial charge in [0.15, 0.2) is 0 Å². The highest BCUT2D eigenvalue weighted by molar-refractivity contribution is 7.16. The van der Waals surface area contributed by atoms with Gasteiger partial charge in [0.1, 0.15) is 0 Å².